The number of hydrogen-bond acceptors (Lipinski definition) is 1. The SMILES string of the molecule is CC1CCN(C(=O)N(CC2CC2)C(C)C)CC1. The molecule has 2 amide bonds. The highest BCUT2D eigenvalue weighted by atomic mass is 16.2. The fourth-order valence-corrected chi connectivity index (χ4v) is 2.47. The molecule has 2 fully saturated rings. The van der Waals surface area contributed by atoms with Gasteiger partial charge in [0.25, 0.3) is 0 Å². The second kappa shape index (κ2) is 5.28. The first kappa shape index (κ1) is 12.7. The molecule has 3 nitrogen and oxygen atoms in total. The van der Waals surface area contributed by atoms with Gasteiger partial charge in [0.15, 0.2) is 0 Å². The van der Waals surface area contributed by atoms with Gasteiger partial charge in [-0.15, -0.1) is 0 Å². The summed E-state index contributed by atoms with van der Waals surface area (Å²) in [7, 11) is 0. The molecule has 1 saturated heterocycles. The summed E-state index contributed by atoms with van der Waals surface area (Å²) in [6.45, 7) is 9.43. The van der Waals surface area contributed by atoms with E-state index in [-0.39, 0.29) is 6.03 Å². The highest BCUT2D eigenvalue weighted by Gasteiger charge is 2.31. The molecule has 0 aromatic rings. The highest BCUT2D eigenvalue weighted by molar-refractivity contribution is 5.75. The summed E-state index contributed by atoms with van der Waals surface area (Å²) in [6, 6.07) is 0.612. The predicted octanol–water partition coefficient (Wildman–Crippen LogP) is 2.96. The maximum atomic E-state index is 12.5. The lowest BCUT2D eigenvalue weighted by atomic mass is 9.99. The lowest BCUT2D eigenvalue weighted by Crippen LogP contribution is -2.49. The summed E-state index contributed by atoms with van der Waals surface area (Å²) in [4.78, 5) is 16.6. The molecule has 0 aromatic carbocycles. The van der Waals surface area contributed by atoms with Crippen LogP contribution in [0.1, 0.15) is 46.5 Å². The second-order valence-electron chi connectivity index (χ2n) is 6.14. The zero-order valence-electron chi connectivity index (χ0n) is 11.5. The average molecular weight is 238 g/mol. The third kappa shape index (κ3) is 3.36. The van der Waals surface area contributed by atoms with Gasteiger partial charge in [-0.3, -0.25) is 0 Å². The fourth-order valence-electron chi connectivity index (χ4n) is 2.47. The molecule has 0 aromatic heterocycles. The van der Waals surface area contributed by atoms with Gasteiger partial charge in [-0.25, -0.2) is 4.79 Å². The van der Waals surface area contributed by atoms with E-state index < -0.39 is 0 Å². The van der Waals surface area contributed by atoms with Crippen LogP contribution < -0.4 is 0 Å². The summed E-state index contributed by atoms with van der Waals surface area (Å²) in [5.41, 5.74) is 0. The molecule has 0 radical (unpaired) electrons. The minimum atomic E-state index is 0.277. The molecule has 0 N–H and O–H groups in total. The molecular weight excluding hydrogens is 212 g/mol. The van der Waals surface area contributed by atoms with Crippen LogP contribution in [0, 0.1) is 11.8 Å². The van der Waals surface area contributed by atoms with E-state index in [0.717, 1.165) is 31.5 Å². The largest absolute Gasteiger partial charge is 0.325 e. The van der Waals surface area contributed by atoms with Crippen molar-refractivity contribution in [1.82, 2.24) is 9.80 Å². The molecule has 0 bridgehead atoms. The standard InChI is InChI=1S/C14H26N2O/c1-11(2)16(10-13-4-5-13)14(17)15-8-6-12(3)7-9-15/h11-13H,4-10H2,1-3H3. The van der Waals surface area contributed by atoms with E-state index in [0.29, 0.717) is 6.04 Å². The van der Waals surface area contributed by atoms with Crippen LogP contribution in [0.25, 0.3) is 0 Å². The molecule has 2 rings (SSSR count). The third-order valence-electron chi connectivity index (χ3n) is 4.08. The molecule has 2 aliphatic rings. The van der Waals surface area contributed by atoms with Crippen LogP contribution in [0.2, 0.25) is 0 Å². The first-order valence-corrected chi connectivity index (χ1v) is 7.13. The van der Waals surface area contributed by atoms with Gasteiger partial charge in [0, 0.05) is 25.7 Å². The van der Waals surface area contributed by atoms with Gasteiger partial charge in [-0.1, -0.05) is 6.92 Å². The third-order valence-corrected chi connectivity index (χ3v) is 4.08. The first-order valence-electron chi connectivity index (χ1n) is 7.13. The Bertz CT molecular complexity index is 265. The van der Waals surface area contributed by atoms with Crippen LogP contribution in [0.4, 0.5) is 4.79 Å². The van der Waals surface area contributed by atoms with Gasteiger partial charge in [0.05, 0.1) is 0 Å². The Labute approximate surface area is 105 Å². The van der Waals surface area contributed by atoms with Crippen molar-refractivity contribution in [1.29, 1.82) is 0 Å². The van der Waals surface area contributed by atoms with E-state index in [4.69, 9.17) is 0 Å². The van der Waals surface area contributed by atoms with Crippen molar-refractivity contribution in [3.63, 3.8) is 0 Å². The summed E-state index contributed by atoms with van der Waals surface area (Å²) in [5.74, 6) is 1.57. The lowest BCUT2D eigenvalue weighted by molar-refractivity contribution is 0.121. The maximum absolute atomic E-state index is 12.5. The van der Waals surface area contributed by atoms with E-state index in [1.165, 1.54) is 25.7 Å². The summed E-state index contributed by atoms with van der Waals surface area (Å²) < 4.78 is 0. The zero-order valence-corrected chi connectivity index (χ0v) is 11.5. The molecule has 0 spiro atoms. The number of urea groups is 1. The predicted molar refractivity (Wildman–Crippen MR) is 69.9 cm³/mol. The number of rotatable bonds is 3. The lowest BCUT2D eigenvalue weighted by Gasteiger charge is -2.36. The number of nitrogens with zero attached hydrogens (tertiary/aromatic N) is 2. The quantitative estimate of drug-likeness (QED) is 0.741. The summed E-state index contributed by atoms with van der Waals surface area (Å²) >= 11 is 0. The Balaban J connectivity index is 1.90. The fraction of sp³-hybridized carbons (Fsp3) is 0.929. The average Bonchev–Trinajstić information content (AvgIpc) is 3.09. The van der Waals surface area contributed by atoms with E-state index in [9.17, 15) is 4.79 Å². The number of amides is 2. The summed E-state index contributed by atoms with van der Waals surface area (Å²) in [5, 5.41) is 0. The normalized spacial score (nSPS) is 22.0. The molecule has 0 atom stereocenters. The molecule has 1 heterocycles. The van der Waals surface area contributed by atoms with Crippen molar-refractivity contribution < 1.29 is 4.79 Å². The number of carbonyl (C=O) groups is 1. The van der Waals surface area contributed by atoms with Crippen molar-refractivity contribution in [2.45, 2.75) is 52.5 Å². The molecule has 1 aliphatic heterocycles. The van der Waals surface area contributed by atoms with Gasteiger partial charge in [0.2, 0.25) is 0 Å². The molecule has 1 aliphatic carbocycles. The van der Waals surface area contributed by atoms with Gasteiger partial charge >= 0.3 is 6.03 Å². The molecule has 1 saturated carbocycles. The van der Waals surface area contributed by atoms with Gasteiger partial charge in [-0.05, 0) is 51.4 Å². The van der Waals surface area contributed by atoms with E-state index in [1.807, 2.05) is 0 Å². The van der Waals surface area contributed by atoms with Crippen molar-refractivity contribution in [3.05, 3.63) is 0 Å². The molecule has 0 unspecified atom stereocenters. The van der Waals surface area contributed by atoms with Crippen LogP contribution in [-0.2, 0) is 0 Å². The zero-order chi connectivity index (χ0) is 12.4. The maximum Gasteiger partial charge on any atom is 0.320 e. The van der Waals surface area contributed by atoms with Gasteiger partial charge in [-0.2, -0.15) is 0 Å². The number of carbonyl (C=O) groups excluding carboxylic acids is 1. The van der Waals surface area contributed by atoms with E-state index >= 15 is 0 Å². The number of likely N-dealkylation sites (tertiary alicyclic amines) is 1. The smallest absolute Gasteiger partial charge is 0.320 e. The Morgan fingerprint density at radius 1 is 1.24 bits per heavy atom. The monoisotopic (exact) mass is 238 g/mol. The topological polar surface area (TPSA) is 23.6 Å². The van der Waals surface area contributed by atoms with Crippen LogP contribution >= 0.6 is 0 Å². The van der Waals surface area contributed by atoms with Crippen LogP contribution in [0.3, 0.4) is 0 Å². The van der Waals surface area contributed by atoms with Crippen LogP contribution in [0.5, 0.6) is 0 Å². The highest BCUT2D eigenvalue weighted by Crippen LogP contribution is 2.31. The van der Waals surface area contributed by atoms with E-state index in [1.54, 1.807) is 0 Å². The van der Waals surface area contributed by atoms with Gasteiger partial charge in [0.1, 0.15) is 0 Å². The number of hydrogen-bond donors (Lipinski definition) is 0. The van der Waals surface area contributed by atoms with Gasteiger partial charge < -0.3 is 9.80 Å². The Hall–Kier alpha value is -0.730. The Morgan fingerprint density at radius 2 is 1.82 bits per heavy atom. The van der Waals surface area contributed by atoms with Crippen molar-refractivity contribution >= 4 is 6.03 Å². The van der Waals surface area contributed by atoms with Crippen LogP contribution in [0.15, 0.2) is 0 Å². The van der Waals surface area contributed by atoms with Crippen molar-refractivity contribution in [2.24, 2.45) is 11.8 Å². The Kier molecular flexibility index (Phi) is 3.95. The van der Waals surface area contributed by atoms with Crippen LogP contribution in [-0.4, -0.2) is 41.5 Å². The first-order chi connectivity index (χ1) is 8.08. The minimum Gasteiger partial charge on any atom is -0.325 e. The number of piperidine rings is 1. The second-order valence-corrected chi connectivity index (χ2v) is 6.14. The van der Waals surface area contributed by atoms with Crippen molar-refractivity contribution in [3.8, 4) is 0 Å². The molecule has 17 heavy (non-hydrogen) atoms. The molecule has 3 heteroatoms. The van der Waals surface area contributed by atoms with E-state index in [2.05, 4.69) is 30.6 Å². The Morgan fingerprint density at radius 3 is 2.29 bits per heavy atom. The minimum absolute atomic E-state index is 0.277. The van der Waals surface area contributed by atoms with Crippen molar-refractivity contribution in [2.75, 3.05) is 19.6 Å². The summed E-state index contributed by atoms with van der Waals surface area (Å²) in [6.07, 6.45) is 4.96. The molecule has 98 valence electrons. The molecular formula is C14H26N2O.